The van der Waals surface area contributed by atoms with Crippen molar-refractivity contribution in [1.29, 1.82) is 0 Å². The summed E-state index contributed by atoms with van der Waals surface area (Å²) in [6.07, 6.45) is 1.21. The van der Waals surface area contributed by atoms with Crippen molar-refractivity contribution >= 4 is 49.9 Å². The van der Waals surface area contributed by atoms with E-state index in [1.807, 2.05) is 12.1 Å². The van der Waals surface area contributed by atoms with Gasteiger partial charge in [-0.05, 0) is 54.0 Å². The number of H-pyrrole nitrogens is 2. The summed E-state index contributed by atoms with van der Waals surface area (Å²) in [4.78, 5) is 42.8. The highest BCUT2D eigenvalue weighted by atomic mass is 79.9. The summed E-state index contributed by atoms with van der Waals surface area (Å²) in [5, 5.41) is 0. The predicted molar refractivity (Wildman–Crippen MR) is 161 cm³/mol. The lowest BCUT2D eigenvalue weighted by Gasteiger charge is -2.16. The molecule has 5 heterocycles. The molecule has 216 valence electrons. The molecule has 0 aromatic carbocycles. The molecule has 0 radical (unpaired) electrons. The van der Waals surface area contributed by atoms with Gasteiger partial charge in [-0.1, -0.05) is 27.7 Å². The number of hydrogen-bond acceptors (Lipinski definition) is 7. The van der Waals surface area contributed by atoms with Gasteiger partial charge in [0, 0.05) is 46.1 Å². The number of fused-ring (bicyclic) bond motifs is 8. The number of halogens is 1. The fourth-order valence-corrected chi connectivity index (χ4v) is 5.95. The molecular formula is C31H35BrN4O5. The van der Waals surface area contributed by atoms with Crippen LogP contribution in [0.25, 0.3) is 22.1 Å². The van der Waals surface area contributed by atoms with E-state index in [0.29, 0.717) is 62.0 Å². The first-order chi connectivity index (χ1) is 19.4. The minimum absolute atomic E-state index is 0.249. The van der Waals surface area contributed by atoms with Gasteiger partial charge in [-0.15, -0.1) is 0 Å². The first-order valence-corrected chi connectivity index (χ1v) is 14.5. The molecule has 0 fully saturated rings. The molecule has 2 N–H and O–H groups in total. The lowest BCUT2D eigenvalue weighted by Crippen LogP contribution is -2.15. The number of methoxy groups -OCH3 is 1. The van der Waals surface area contributed by atoms with Crippen LogP contribution in [0.3, 0.4) is 0 Å². The molecule has 0 saturated heterocycles. The van der Waals surface area contributed by atoms with Crippen LogP contribution >= 0.6 is 15.9 Å². The Morgan fingerprint density at radius 3 is 1.78 bits per heavy atom. The van der Waals surface area contributed by atoms with Crippen molar-refractivity contribution in [1.82, 2.24) is 19.9 Å². The second-order valence-corrected chi connectivity index (χ2v) is 12.4. The standard InChI is InChI=1S/C31H35BrN4O5/c1-8-40-28(37)18-10-16-12-23-31(5,6)15-21(36-23)27(39-7)26-19(29(38)41-9-2)11-17(34-26)13-22-30(3,4)14-20(35-22)24(32)25(18)33-16/h10-13,33-34H,8-9,14-15H2,1-7H3. The Hall–Kier alpha value is -3.66. The molecule has 0 aliphatic carbocycles. The van der Waals surface area contributed by atoms with Crippen LogP contribution in [-0.4, -0.2) is 52.2 Å². The molecule has 3 aromatic heterocycles. The van der Waals surface area contributed by atoms with Gasteiger partial charge in [0.2, 0.25) is 0 Å². The van der Waals surface area contributed by atoms with Gasteiger partial charge in [0.15, 0.2) is 5.75 Å². The van der Waals surface area contributed by atoms with Crippen molar-refractivity contribution in [2.75, 3.05) is 20.3 Å². The molecule has 2 aliphatic rings. The Bertz CT molecular complexity index is 1720. The van der Waals surface area contributed by atoms with Gasteiger partial charge in [-0.25, -0.2) is 9.59 Å². The van der Waals surface area contributed by atoms with E-state index in [0.717, 1.165) is 17.1 Å². The third-order valence-electron chi connectivity index (χ3n) is 7.53. The van der Waals surface area contributed by atoms with E-state index >= 15 is 0 Å². The SMILES string of the molecule is CCOC(=O)c1cc2cc3nc(c(OC)c4[nH]c(cc5nc(c(Br)c1[nH]2)CC5(C)C)cc4C(=O)OCC)CC3(C)C. The summed E-state index contributed by atoms with van der Waals surface area (Å²) in [6.45, 7) is 12.5. The van der Waals surface area contributed by atoms with E-state index in [4.69, 9.17) is 24.2 Å². The third kappa shape index (κ3) is 5.25. The highest BCUT2D eigenvalue weighted by Gasteiger charge is 2.33. The first-order valence-electron chi connectivity index (χ1n) is 13.7. The first kappa shape index (κ1) is 28.9. The topological polar surface area (TPSA) is 119 Å². The minimum Gasteiger partial charge on any atom is -0.493 e. The van der Waals surface area contributed by atoms with E-state index < -0.39 is 11.9 Å². The number of rotatable bonds is 5. The molecule has 3 aromatic rings. The summed E-state index contributed by atoms with van der Waals surface area (Å²) in [5.74, 6) is -0.381. The molecule has 0 unspecified atom stereocenters. The van der Waals surface area contributed by atoms with Crippen LogP contribution < -0.4 is 4.74 Å². The van der Waals surface area contributed by atoms with Crippen molar-refractivity contribution in [3.05, 3.63) is 62.6 Å². The molecule has 9 nitrogen and oxygen atoms in total. The molecule has 8 bridgehead atoms. The Morgan fingerprint density at radius 2 is 1.27 bits per heavy atom. The second-order valence-electron chi connectivity index (χ2n) is 11.6. The van der Waals surface area contributed by atoms with Crippen LogP contribution in [0, 0.1) is 0 Å². The molecule has 0 amide bonds. The summed E-state index contributed by atoms with van der Waals surface area (Å²) in [7, 11) is 1.58. The molecule has 0 spiro atoms. The highest BCUT2D eigenvalue weighted by molar-refractivity contribution is 9.10. The number of carbonyl (C=O) groups is 2. The van der Waals surface area contributed by atoms with Crippen LogP contribution in [0.2, 0.25) is 0 Å². The van der Waals surface area contributed by atoms with E-state index in [2.05, 4.69) is 53.6 Å². The van der Waals surface area contributed by atoms with E-state index in [-0.39, 0.29) is 24.0 Å². The van der Waals surface area contributed by atoms with Crippen LogP contribution in [0.15, 0.2) is 28.7 Å². The largest absolute Gasteiger partial charge is 0.493 e. The number of aromatic nitrogens is 4. The fraction of sp³-hybridized carbons (Fsp3) is 0.419. The van der Waals surface area contributed by atoms with Crippen molar-refractivity contribution in [3.63, 3.8) is 0 Å². The zero-order valence-corrected chi connectivity index (χ0v) is 26.0. The van der Waals surface area contributed by atoms with E-state index in [1.165, 1.54) is 0 Å². The van der Waals surface area contributed by atoms with E-state index in [9.17, 15) is 9.59 Å². The second kappa shape index (κ2) is 10.6. The zero-order valence-electron chi connectivity index (χ0n) is 24.5. The van der Waals surface area contributed by atoms with Crippen molar-refractivity contribution in [2.45, 2.75) is 65.2 Å². The van der Waals surface area contributed by atoms with Crippen molar-refractivity contribution in [2.24, 2.45) is 0 Å². The minimum atomic E-state index is -0.444. The number of nitrogens with one attached hydrogen (secondary N) is 2. The van der Waals surface area contributed by atoms with Gasteiger partial charge in [0.05, 0.1) is 58.3 Å². The maximum Gasteiger partial charge on any atom is 0.340 e. The lowest BCUT2D eigenvalue weighted by atomic mass is 9.87. The van der Waals surface area contributed by atoms with Crippen LogP contribution in [0.4, 0.5) is 0 Å². The van der Waals surface area contributed by atoms with Crippen molar-refractivity contribution in [3.8, 4) is 5.75 Å². The maximum absolute atomic E-state index is 13.1. The average molecular weight is 624 g/mol. The van der Waals surface area contributed by atoms with Gasteiger partial charge in [-0.2, -0.15) is 0 Å². The summed E-state index contributed by atoms with van der Waals surface area (Å²) in [5.41, 5.74) is 5.77. The Balaban J connectivity index is 1.96. The summed E-state index contributed by atoms with van der Waals surface area (Å²) < 4.78 is 17.4. The predicted octanol–water partition coefficient (Wildman–Crippen LogP) is 6.48. The Kier molecular flexibility index (Phi) is 7.48. The summed E-state index contributed by atoms with van der Waals surface area (Å²) >= 11 is 3.76. The molecule has 0 atom stereocenters. The van der Waals surface area contributed by atoms with Gasteiger partial charge in [-0.3, -0.25) is 9.97 Å². The molecule has 2 aliphatic heterocycles. The summed E-state index contributed by atoms with van der Waals surface area (Å²) in [6, 6.07) is 7.44. The average Bonchev–Trinajstić information content (AvgIpc) is 3.64. The molecular weight excluding hydrogens is 588 g/mol. The molecule has 10 heteroatoms. The number of hydrogen-bond donors (Lipinski definition) is 2. The van der Waals surface area contributed by atoms with Gasteiger partial charge in [0.25, 0.3) is 0 Å². The van der Waals surface area contributed by atoms with E-state index in [1.54, 1.807) is 33.1 Å². The van der Waals surface area contributed by atoms with Crippen LogP contribution in [0.5, 0.6) is 5.75 Å². The number of esters is 2. The van der Waals surface area contributed by atoms with Crippen molar-refractivity contribution < 1.29 is 23.8 Å². The van der Waals surface area contributed by atoms with Crippen LogP contribution in [0.1, 0.15) is 85.0 Å². The number of nitrogens with zero attached hydrogens (tertiary/aromatic N) is 2. The lowest BCUT2D eigenvalue weighted by molar-refractivity contribution is 0.0519. The zero-order chi connectivity index (χ0) is 29.7. The highest BCUT2D eigenvalue weighted by Crippen LogP contribution is 2.39. The van der Waals surface area contributed by atoms with Gasteiger partial charge < -0.3 is 24.2 Å². The maximum atomic E-state index is 13.1. The smallest absolute Gasteiger partial charge is 0.340 e. The third-order valence-corrected chi connectivity index (χ3v) is 8.39. The molecule has 5 rings (SSSR count). The molecule has 41 heavy (non-hydrogen) atoms. The quantitative estimate of drug-likeness (QED) is 0.312. The van der Waals surface area contributed by atoms with Crippen LogP contribution in [-0.2, 0) is 33.1 Å². The monoisotopic (exact) mass is 622 g/mol. The Morgan fingerprint density at radius 1 is 0.805 bits per heavy atom. The van der Waals surface area contributed by atoms with Gasteiger partial charge in [0.1, 0.15) is 0 Å². The molecule has 0 saturated carbocycles. The fourth-order valence-electron chi connectivity index (χ4n) is 5.41. The Labute approximate surface area is 247 Å². The van der Waals surface area contributed by atoms with Gasteiger partial charge >= 0.3 is 11.9 Å². The normalized spacial score (nSPS) is 15.4. The number of carbonyl (C=O) groups excluding carboxylic acids is 2. The number of ether oxygens (including phenoxy) is 3. The number of aromatic amines is 2.